The van der Waals surface area contributed by atoms with Crippen molar-refractivity contribution in [1.29, 1.82) is 0 Å². The molecule has 0 saturated heterocycles. The van der Waals surface area contributed by atoms with E-state index in [1.807, 2.05) is 12.2 Å². The van der Waals surface area contributed by atoms with Gasteiger partial charge in [-0.2, -0.15) is 0 Å². The molecule has 0 heterocycles. The Labute approximate surface area is 179 Å². The Morgan fingerprint density at radius 3 is 1.62 bits per heavy atom. The molecular formula is C23H42O5Si. The second kappa shape index (κ2) is 14.6. The summed E-state index contributed by atoms with van der Waals surface area (Å²) in [6.45, 7) is 15.7. The molecule has 0 radical (unpaired) electrons. The molecule has 0 fully saturated rings. The minimum Gasteiger partial charge on any atom is -0.463 e. The third-order valence-electron chi connectivity index (χ3n) is 5.14. The molecule has 0 unspecified atom stereocenters. The highest BCUT2D eigenvalue weighted by atomic mass is 28.4. The molecule has 0 aliphatic rings. The molecule has 0 aliphatic carbocycles. The molecule has 6 heteroatoms. The van der Waals surface area contributed by atoms with Crippen molar-refractivity contribution >= 4 is 20.3 Å². The van der Waals surface area contributed by atoms with Gasteiger partial charge in [0.2, 0.25) is 0 Å². The van der Waals surface area contributed by atoms with E-state index >= 15 is 0 Å². The first-order valence-electron chi connectivity index (χ1n) is 10.9. The van der Waals surface area contributed by atoms with Crippen LogP contribution >= 0.6 is 0 Å². The van der Waals surface area contributed by atoms with Gasteiger partial charge in [-0.25, -0.2) is 9.59 Å². The van der Waals surface area contributed by atoms with Crippen LogP contribution in [0.2, 0.25) is 18.1 Å². The van der Waals surface area contributed by atoms with Crippen molar-refractivity contribution in [2.24, 2.45) is 0 Å². The number of hydrogen-bond donors (Lipinski definition) is 0. The Bertz CT molecular complexity index is 498. The number of carbonyl (C=O) groups is 2. The molecule has 0 bridgehead atoms. The van der Waals surface area contributed by atoms with Crippen molar-refractivity contribution in [2.75, 3.05) is 13.2 Å². The molecule has 0 amide bonds. The summed E-state index contributed by atoms with van der Waals surface area (Å²) in [4.78, 5) is 22.7. The summed E-state index contributed by atoms with van der Waals surface area (Å²) in [6.07, 6.45) is 12.5. The number of hydrogen-bond acceptors (Lipinski definition) is 5. The Morgan fingerprint density at radius 1 is 0.862 bits per heavy atom. The maximum Gasteiger partial charge on any atom is 0.330 e. The van der Waals surface area contributed by atoms with Crippen molar-refractivity contribution in [3.63, 3.8) is 0 Å². The summed E-state index contributed by atoms with van der Waals surface area (Å²) >= 11 is 0. The number of allylic oxidation sites excluding steroid dienone is 2. The fourth-order valence-electron chi connectivity index (χ4n) is 2.52. The number of ether oxygens (including phenoxy) is 2. The predicted molar refractivity (Wildman–Crippen MR) is 121 cm³/mol. The van der Waals surface area contributed by atoms with Crippen molar-refractivity contribution in [3.8, 4) is 0 Å². The van der Waals surface area contributed by atoms with Gasteiger partial charge in [-0.05, 0) is 70.5 Å². The Balaban J connectivity index is 4.61. The van der Waals surface area contributed by atoms with Crippen LogP contribution in [0.25, 0.3) is 0 Å². The fraction of sp³-hybridized carbons (Fsp3) is 0.739. The van der Waals surface area contributed by atoms with Gasteiger partial charge in [-0.15, -0.1) is 0 Å². The monoisotopic (exact) mass is 426 g/mol. The standard InChI is InChI=1S/C23H42O5Si/c1-8-26-21(24)18-14-10-12-16-20(28-29(6,7)23(3,4)5)17-13-11-15-19-22(25)27-9-2/h14-15,18-20H,8-13,16-17H2,1-7H3/b18-14+,19-15+. The SMILES string of the molecule is CCOC(=O)/C=C/CCCC(CCC/C=C/C(=O)OCC)O[Si](C)(C)C(C)(C)C. The molecule has 0 aromatic carbocycles. The molecule has 0 N–H and O–H groups in total. The maximum atomic E-state index is 11.4. The van der Waals surface area contributed by atoms with Crippen LogP contribution in [0.5, 0.6) is 0 Å². The molecule has 29 heavy (non-hydrogen) atoms. The zero-order valence-electron chi connectivity index (χ0n) is 19.6. The van der Waals surface area contributed by atoms with Gasteiger partial charge < -0.3 is 13.9 Å². The van der Waals surface area contributed by atoms with Crippen LogP contribution in [0.3, 0.4) is 0 Å². The first-order valence-corrected chi connectivity index (χ1v) is 13.8. The summed E-state index contributed by atoms with van der Waals surface area (Å²) < 4.78 is 16.4. The van der Waals surface area contributed by atoms with Gasteiger partial charge in [0.25, 0.3) is 0 Å². The van der Waals surface area contributed by atoms with Gasteiger partial charge in [0.1, 0.15) is 0 Å². The topological polar surface area (TPSA) is 61.8 Å². The van der Waals surface area contributed by atoms with E-state index in [1.54, 1.807) is 13.8 Å². The maximum absolute atomic E-state index is 11.4. The quantitative estimate of drug-likeness (QED) is 0.148. The third kappa shape index (κ3) is 13.4. The molecular weight excluding hydrogens is 384 g/mol. The van der Waals surface area contributed by atoms with Gasteiger partial charge >= 0.3 is 11.9 Å². The Kier molecular flexibility index (Phi) is 13.9. The van der Waals surface area contributed by atoms with Crippen LogP contribution in [-0.4, -0.2) is 39.6 Å². The molecule has 0 aliphatic heterocycles. The highest BCUT2D eigenvalue weighted by Gasteiger charge is 2.38. The lowest BCUT2D eigenvalue weighted by atomic mass is 10.1. The van der Waals surface area contributed by atoms with Crippen molar-refractivity contribution in [1.82, 2.24) is 0 Å². The summed E-state index contributed by atoms with van der Waals surface area (Å²) in [5, 5.41) is 0.166. The summed E-state index contributed by atoms with van der Waals surface area (Å²) in [5.41, 5.74) is 0. The van der Waals surface area contributed by atoms with Gasteiger partial charge in [-0.1, -0.05) is 32.9 Å². The van der Waals surface area contributed by atoms with Crippen molar-refractivity contribution in [2.45, 2.75) is 97.4 Å². The van der Waals surface area contributed by atoms with Crippen LogP contribution in [0.4, 0.5) is 0 Å². The van der Waals surface area contributed by atoms with Gasteiger partial charge in [0.05, 0.1) is 13.2 Å². The second-order valence-corrected chi connectivity index (χ2v) is 13.4. The number of esters is 2. The van der Waals surface area contributed by atoms with Crippen LogP contribution < -0.4 is 0 Å². The normalized spacial score (nSPS) is 12.8. The molecule has 0 aromatic heterocycles. The van der Waals surface area contributed by atoms with Crippen LogP contribution in [0.15, 0.2) is 24.3 Å². The lowest BCUT2D eigenvalue weighted by molar-refractivity contribution is -0.138. The van der Waals surface area contributed by atoms with E-state index in [0.29, 0.717) is 13.2 Å². The molecule has 168 valence electrons. The zero-order valence-corrected chi connectivity index (χ0v) is 20.6. The molecule has 0 aromatic rings. The van der Waals surface area contributed by atoms with Crippen LogP contribution in [0, 0.1) is 0 Å². The lowest BCUT2D eigenvalue weighted by Crippen LogP contribution is -2.44. The molecule has 0 atom stereocenters. The second-order valence-electron chi connectivity index (χ2n) is 8.67. The van der Waals surface area contributed by atoms with Gasteiger partial charge in [-0.3, -0.25) is 0 Å². The van der Waals surface area contributed by atoms with E-state index in [9.17, 15) is 9.59 Å². The highest BCUT2D eigenvalue weighted by Crippen LogP contribution is 2.38. The van der Waals surface area contributed by atoms with E-state index < -0.39 is 8.32 Å². The Hall–Kier alpha value is -1.40. The molecule has 0 saturated carbocycles. The minimum absolute atomic E-state index is 0.166. The fourth-order valence-corrected chi connectivity index (χ4v) is 3.94. The van der Waals surface area contributed by atoms with Crippen LogP contribution in [-0.2, 0) is 23.5 Å². The number of unbranched alkanes of at least 4 members (excludes halogenated alkanes) is 2. The molecule has 0 rings (SSSR count). The first kappa shape index (κ1) is 27.6. The van der Waals surface area contributed by atoms with E-state index in [-0.39, 0.29) is 23.1 Å². The Morgan fingerprint density at radius 2 is 1.28 bits per heavy atom. The largest absolute Gasteiger partial charge is 0.463 e. The average molecular weight is 427 g/mol. The average Bonchev–Trinajstić information content (AvgIpc) is 2.60. The number of carbonyl (C=O) groups excluding carboxylic acids is 2. The highest BCUT2D eigenvalue weighted by molar-refractivity contribution is 6.74. The van der Waals surface area contributed by atoms with E-state index in [4.69, 9.17) is 13.9 Å². The van der Waals surface area contributed by atoms with Gasteiger partial charge in [0.15, 0.2) is 8.32 Å². The summed E-state index contributed by atoms with van der Waals surface area (Å²) in [7, 11) is -1.85. The predicted octanol–water partition coefficient (Wildman–Crippen LogP) is 5.96. The summed E-state index contributed by atoms with van der Waals surface area (Å²) in [5.74, 6) is -0.565. The smallest absolute Gasteiger partial charge is 0.330 e. The molecule has 0 spiro atoms. The first-order chi connectivity index (χ1) is 13.5. The third-order valence-corrected chi connectivity index (χ3v) is 9.68. The van der Waals surface area contributed by atoms with Gasteiger partial charge in [0, 0.05) is 18.3 Å². The number of rotatable bonds is 14. The molecule has 5 nitrogen and oxygen atoms in total. The summed E-state index contributed by atoms with van der Waals surface area (Å²) in [6, 6.07) is 0. The van der Waals surface area contributed by atoms with E-state index in [2.05, 4.69) is 33.9 Å². The van der Waals surface area contributed by atoms with E-state index in [0.717, 1.165) is 38.5 Å². The van der Waals surface area contributed by atoms with Crippen molar-refractivity contribution in [3.05, 3.63) is 24.3 Å². The van der Waals surface area contributed by atoms with E-state index in [1.165, 1.54) is 12.2 Å². The minimum atomic E-state index is -1.85. The lowest BCUT2D eigenvalue weighted by Gasteiger charge is -2.39. The van der Waals surface area contributed by atoms with Crippen LogP contribution in [0.1, 0.15) is 73.1 Å². The zero-order chi connectivity index (χ0) is 22.3. The van der Waals surface area contributed by atoms with Crippen molar-refractivity contribution < 1.29 is 23.5 Å².